The molecule has 2 aromatic rings. The lowest BCUT2D eigenvalue weighted by Crippen LogP contribution is -2.35. The van der Waals surface area contributed by atoms with Crippen molar-refractivity contribution in [2.45, 2.75) is 24.9 Å². The lowest BCUT2D eigenvalue weighted by Gasteiger charge is -2.21. The van der Waals surface area contributed by atoms with Crippen molar-refractivity contribution in [1.82, 2.24) is 9.73 Å². The molecular formula is C18H20F3N5O4S2. The van der Waals surface area contributed by atoms with Crippen molar-refractivity contribution in [3.63, 3.8) is 0 Å². The van der Waals surface area contributed by atoms with E-state index in [0.717, 1.165) is 28.6 Å². The van der Waals surface area contributed by atoms with E-state index >= 15 is 0 Å². The molecule has 0 atom stereocenters. The molecule has 2 rings (SSSR count). The van der Waals surface area contributed by atoms with E-state index in [9.17, 15) is 31.7 Å². The molecule has 0 saturated heterocycles. The number of anilines is 2. The fraction of sp³-hybridized carbons (Fsp3) is 0.278. The number of nitro benzene ring substituents is 1. The number of non-ortho nitro benzene ring substituents is 1. The quantitative estimate of drug-likeness (QED) is 0.289. The van der Waals surface area contributed by atoms with Crippen LogP contribution in [-0.2, 0) is 16.2 Å². The molecule has 0 bridgehead atoms. The molecular weight excluding hydrogens is 471 g/mol. The molecule has 0 amide bonds. The fourth-order valence-corrected chi connectivity index (χ4v) is 4.50. The van der Waals surface area contributed by atoms with Crippen LogP contribution in [0.25, 0.3) is 0 Å². The summed E-state index contributed by atoms with van der Waals surface area (Å²) in [5, 5.41) is 13.5. The Kier molecular flexibility index (Phi) is 7.98. The average molecular weight is 492 g/mol. The predicted octanol–water partition coefficient (Wildman–Crippen LogP) is 3.96. The Morgan fingerprint density at radius 3 is 2.38 bits per heavy atom. The van der Waals surface area contributed by atoms with Gasteiger partial charge in [0.15, 0.2) is 5.11 Å². The maximum absolute atomic E-state index is 12.9. The standard InChI is InChI=1S/C18H20F3N5O4S2/c1-3-25(4-2)32(29,30)16-11-14(26(27)28)8-9-15(16)23-24-17(31)22-13-7-5-6-12(10-13)18(19,20)21/h5-11,23H,3-4H2,1-2H3,(H2,22,24,31). The smallest absolute Gasteiger partial charge is 0.331 e. The molecule has 0 spiro atoms. The number of halogens is 3. The van der Waals surface area contributed by atoms with Crippen molar-refractivity contribution in [2.24, 2.45) is 0 Å². The summed E-state index contributed by atoms with van der Waals surface area (Å²) in [6, 6.07) is 7.54. The summed E-state index contributed by atoms with van der Waals surface area (Å²) in [5.74, 6) is 0. The monoisotopic (exact) mass is 491 g/mol. The van der Waals surface area contributed by atoms with Crippen LogP contribution in [-0.4, -0.2) is 35.8 Å². The second-order valence-electron chi connectivity index (χ2n) is 6.31. The lowest BCUT2D eigenvalue weighted by atomic mass is 10.2. The zero-order valence-corrected chi connectivity index (χ0v) is 18.6. The first-order chi connectivity index (χ1) is 14.9. The summed E-state index contributed by atoms with van der Waals surface area (Å²) < 4.78 is 65.5. The zero-order chi connectivity index (χ0) is 24.1. The summed E-state index contributed by atoms with van der Waals surface area (Å²) in [5.41, 5.74) is 3.75. The number of sulfonamides is 1. The summed E-state index contributed by atoms with van der Waals surface area (Å²) >= 11 is 5.04. The number of rotatable bonds is 8. The Balaban J connectivity index is 2.26. The number of hydrogen-bond acceptors (Lipinski definition) is 6. The van der Waals surface area contributed by atoms with Gasteiger partial charge in [-0.3, -0.25) is 21.0 Å². The van der Waals surface area contributed by atoms with E-state index in [1.165, 1.54) is 18.2 Å². The molecule has 0 heterocycles. The molecule has 32 heavy (non-hydrogen) atoms. The van der Waals surface area contributed by atoms with Gasteiger partial charge in [0.2, 0.25) is 10.0 Å². The van der Waals surface area contributed by atoms with Crippen LogP contribution in [0.1, 0.15) is 19.4 Å². The van der Waals surface area contributed by atoms with Crippen molar-refractivity contribution in [2.75, 3.05) is 23.8 Å². The Hall–Kier alpha value is -2.97. The van der Waals surface area contributed by atoms with Gasteiger partial charge in [0, 0.05) is 30.9 Å². The molecule has 0 aliphatic carbocycles. The number of hydrazine groups is 1. The molecule has 14 heteroatoms. The molecule has 0 aliphatic heterocycles. The minimum Gasteiger partial charge on any atom is -0.331 e. The van der Waals surface area contributed by atoms with Crippen LogP contribution in [0.3, 0.4) is 0 Å². The van der Waals surface area contributed by atoms with Crippen LogP contribution in [0.4, 0.5) is 30.2 Å². The highest BCUT2D eigenvalue weighted by atomic mass is 32.2. The molecule has 0 radical (unpaired) electrons. The lowest BCUT2D eigenvalue weighted by molar-refractivity contribution is -0.385. The van der Waals surface area contributed by atoms with Crippen LogP contribution in [0, 0.1) is 10.1 Å². The summed E-state index contributed by atoms with van der Waals surface area (Å²) in [6.07, 6.45) is -4.53. The number of hydrogen-bond donors (Lipinski definition) is 3. The number of alkyl halides is 3. The van der Waals surface area contributed by atoms with Gasteiger partial charge in [0.25, 0.3) is 5.69 Å². The second-order valence-corrected chi connectivity index (χ2v) is 8.62. The van der Waals surface area contributed by atoms with Crippen molar-refractivity contribution >= 4 is 44.4 Å². The summed E-state index contributed by atoms with van der Waals surface area (Å²) in [7, 11) is -4.08. The SMILES string of the molecule is CCN(CC)S(=O)(=O)c1cc([N+](=O)[O-])ccc1NNC(=S)Nc1cccc(C(F)(F)F)c1. The van der Waals surface area contributed by atoms with Gasteiger partial charge in [-0.1, -0.05) is 19.9 Å². The molecule has 2 aromatic carbocycles. The van der Waals surface area contributed by atoms with E-state index in [-0.39, 0.29) is 34.5 Å². The van der Waals surface area contributed by atoms with Crippen LogP contribution in [0.2, 0.25) is 0 Å². The van der Waals surface area contributed by atoms with Gasteiger partial charge in [0.1, 0.15) is 4.90 Å². The topological polar surface area (TPSA) is 117 Å². The number of nitro groups is 1. The molecule has 0 saturated carbocycles. The molecule has 0 fully saturated rings. The highest BCUT2D eigenvalue weighted by Gasteiger charge is 2.30. The van der Waals surface area contributed by atoms with Crippen molar-refractivity contribution in [3.05, 3.63) is 58.1 Å². The van der Waals surface area contributed by atoms with Gasteiger partial charge < -0.3 is 5.32 Å². The molecule has 0 unspecified atom stereocenters. The van der Waals surface area contributed by atoms with Crippen molar-refractivity contribution in [1.29, 1.82) is 0 Å². The second kappa shape index (κ2) is 10.1. The fourth-order valence-electron chi connectivity index (χ4n) is 2.70. The van der Waals surface area contributed by atoms with Gasteiger partial charge in [-0.2, -0.15) is 17.5 Å². The largest absolute Gasteiger partial charge is 0.416 e. The highest BCUT2D eigenvalue weighted by molar-refractivity contribution is 7.89. The number of benzene rings is 2. The third kappa shape index (κ3) is 6.05. The number of nitrogens with one attached hydrogen (secondary N) is 3. The van der Waals surface area contributed by atoms with Crippen LogP contribution >= 0.6 is 12.2 Å². The van der Waals surface area contributed by atoms with Crippen molar-refractivity contribution < 1.29 is 26.5 Å². The highest BCUT2D eigenvalue weighted by Crippen LogP contribution is 2.31. The van der Waals surface area contributed by atoms with Crippen molar-refractivity contribution in [3.8, 4) is 0 Å². The summed E-state index contributed by atoms with van der Waals surface area (Å²) in [4.78, 5) is 10.0. The Morgan fingerprint density at radius 1 is 1.16 bits per heavy atom. The minimum absolute atomic E-state index is 0.0318. The first-order valence-corrected chi connectivity index (χ1v) is 11.0. The van der Waals surface area contributed by atoms with Gasteiger partial charge >= 0.3 is 6.18 Å². The molecule has 0 aromatic heterocycles. The van der Waals surface area contributed by atoms with Gasteiger partial charge in [0.05, 0.1) is 16.2 Å². The van der Waals surface area contributed by atoms with E-state index in [1.807, 2.05) is 0 Å². The van der Waals surface area contributed by atoms with E-state index < -0.39 is 32.4 Å². The van der Waals surface area contributed by atoms with E-state index in [1.54, 1.807) is 13.8 Å². The van der Waals surface area contributed by atoms with Gasteiger partial charge in [-0.15, -0.1) is 0 Å². The molecule has 0 aliphatic rings. The minimum atomic E-state index is -4.53. The third-order valence-electron chi connectivity index (χ3n) is 4.26. The van der Waals surface area contributed by atoms with Crippen LogP contribution in [0.5, 0.6) is 0 Å². The predicted molar refractivity (Wildman–Crippen MR) is 118 cm³/mol. The van der Waals surface area contributed by atoms with E-state index in [0.29, 0.717) is 0 Å². The van der Waals surface area contributed by atoms with Gasteiger partial charge in [-0.25, -0.2) is 8.42 Å². The first kappa shape index (κ1) is 25.3. The molecule has 174 valence electrons. The Morgan fingerprint density at radius 2 is 1.81 bits per heavy atom. The average Bonchev–Trinajstić information content (AvgIpc) is 2.72. The van der Waals surface area contributed by atoms with Crippen LogP contribution in [0.15, 0.2) is 47.4 Å². The van der Waals surface area contributed by atoms with Crippen LogP contribution < -0.4 is 16.2 Å². The number of thiocarbonyl (C=S) groups is 1. The number of nitrogens with zero attached hydrogens (tertiary/aromatic N) is 2. The maximum atomic E-state index is 12.9. The third-order valence-corrected chi connectivity index (χ3v) is 6.55. The summed E-state index contributed by atoms with van der Waals surface area (Å²) in [6.45, 7) is 3.53. The normalized spacial score (nSPS) is 11.8. The molecule has 3 N–H and O–H groups in total. The van der Waals surface area contributed by atoms with Gasteiger partial charge in [-0.05, 0) is 36.5 Å². The first-order valence-electron chi connectivity index (χ1n) is 9.19. The Bertz CT molecular complexity index is 1110. The van der Waals surface area contributed by atoms with E-state index in [4.69, 9.17) is 12.2 Å². The molecule has 9 nitrogen and oxygen atoms in total. The van der Waals surface area contributed by atoms with E-state index in [2.05, 4.69) is 16.2 Å². The zero-order valence-electron chi connectivity index (χ0n) is 16.9. The Labute approximate surface area is 187 Å². The maximum Gasteiger partial charge on any atom is 0.416 e.